The highest BCUT2D eigenvalue weighted by atomic mass is 14.7. The average Bonchev–Trinajstić information content (AvgIpc) is 2.37. The maximum absolute atomic E-state index is 4.64. The van der Waals surface area contributed by atoms with E-state index in [1.807, 2.05) is 6.20 Å². The number of pyridine rings is 1. The molecule has 0 saturated heterocycles. The Labute approximate surface area is 123 Å². The Morgan fingerprint density at radius 3 is 2.10 bits per heavy atom. The van der Waals surface area contributed by atoms with Crippen LogP contribution in [-0.4, -0.2) is 12.8 Å². The summed E-state index contributed by atoms with van der Waals surface area (Å²) >= 11 is 0. The molecule has 0 N–H and O–H groups in total. The SMILES string of the molecule is BC(C)(C)c1ccc(-c2cccc(C(C)(C)C)c2)nc1. The number of benzene rings is 1. The summed E-state index contributed by atoms with van der Waals surface area (Å²) in [6, 6.07) is 13.0. The van der Waals surface area contributed by atoms with E-state index in [2.05, 4.69) is 83.8 Å². The zero-order chi connectivity index (χ0) is 15.0. The van der Waals surface area contributed by atoms with Crippen LogP contribution in [0.25, 0.3) is 11.3 Å². The minimum Gasteiger partial charge on any atom is -0.256 e. The van der Waals surface area contributed by atoms with Crippen LogP contribution in [0.1, 0.15) is 45.7 Å². The Morgan fingerprint density at radius 2 is 1.60 bits per heavy atom. The fourth-order valence-corrected chi connectivity index (χ4v) is 2.15. The van der Waals surface area contributed by atoms with Crippen molar-refractivity contribution in [3.63, 3.8) is 0 Å². The molecule has 0 aliphatic heterocycles. The molecule has 0 unspecified atom stereocenters. The normalized spacial score (nSPS) is 12.4. The van der Waals surface area contributed by atoms with E-state index in [0.717, 1.165) is 5.69 Å². The van der Waals surface area contributed by atoms with E-state index in [1.54, 1.807) is 0 Å². The number of aromatic nitrogens is 1. The van der Waals surface area contributed by atoms with E-state index in [4.69, 9.17) is 0 Å². The van der Waals surface area contributed by atoms with Crippen LogP contribution in [0.4, 0.5) is 0 Å². The maximum Gasteiger partial charge on any atom is 0.114 e. The second-order valence-corrected chi connectivity index (χ2v) is 7.51. The fourth-order valence-electron chi connectivity index (χ4n) is 2.15. The van der Waals surface area contributed by atoms with Gasteiger partial charge in [-0.05, 0) is 34.0 Å². The van der Waals surface area contributed by atoms with Crippen molar-refractivity contribution in [1.29, 1.82) is 0 Å². The summed E-state index contributed by atoms with van der Waals surface area (Å²) in [5.74, 6) is 0. The zero-order valence-electron chi connectivity index (χ0n) is 13.5. The fraction of sp³-hybridized carbons (Fsp3) is 0.389. The maximum atomic E-state index is 4.64. The van der Waals surface area contributed by atoms with Crippen molar-refractivity contribution in [2.24, 2.45) is 0 Å². The first-order chi connectivity index (χ1) is 9.18. The van der Waals surface area contributed by atoms with Gasteiger partial charge in [0.05, 0.1) is 5.69 Å². The minimum absolute atomic E-state index is 0.152. The van der Waals surface area contributed by atoms with Gasteiger partial charge < -0.3 is 0 Å². The van der Waals surface area contributed by atoms with Crippen molar-refractivity contribution >= 4 is 7.85 Å². The molecule has 0 radical (unpaired) electrons. The van der Waals surface area contributed by atoms with Gasteiger partial charge >= 0.3 is 0 Å². The van der Waals surface area contributed by atoms with Crippen molar-refractivity contribution in [3.8, 4) is 11.3 Å². The van der Waals surface area contributed by atoms with E-state index >= 15 is 0 Å². The van der Waals surface area contributed by atoms with Crippen LogP contribution in [0.15, 0.2) is 42.6 Å². The second-order valence-electron chi connectivity index (χ2n) is 7.51. The van der Waals surface area contributed by atoms with Crippen LogP contribution < -0.4 is 0 Å². The highest BCUT2D eigenvalue weighted by molar-refractivity contribution is 6.15. The lowest BCUT2D eigenvalue weighted by atomic mass is 9.68. The first-order valence-corrected chi connectivity index (χ1v) is 7.25. The molecule has 0 spiro atoms. The van der Waals surface area contributed by atoms with E-state index < -0.39 is 0 Å². The van der Waals surface area contributed by atoms with Crippen LogP contribution in [-0.2, 0) is 10.7 Å². The summed E-state index contributed by atoms with van der Waals surface area (Å²) in [6.07, 6.45) is 2.00. The predicted molar refractivity (Wildman–Crippen MR) is 89.9 cm³/mol. The third-order valence-electron chi connectivity index (χ3n) is 3.65. The van der Waals surface area contributed by atoms with Gasteiger partial charge in [-0.25, -0.2) is 0 Å². The molecule has 0 aliphatic rings. The summed E-state index contributed by atoms with van der Waals surface area (Å²) in [7, 11) is 2.21. The number of rotatable bonds is 2. The molecule has 0 bridgehead atoms. The largest absolute Gasteiger partial charge is 0.256 e. The van der Waals surface area contributed by atoms with Crippen LogP contribution in [0, 0.1) is 0 Å². The van der Waals surface area contributed by atoms with Crippen molar-refractivity contribution in [1.82, 2.24) is 4.98 Å². The third kappa shape index (κ3) is 3.30. The van der Waals surface area contributed by atoms with Crippen LogP contribution in [0.5, 0.6) is 0 Å². The number of hydrogen-bond acceptors (Lipinski definition) is 1. The Kier molecular flexibility index (Phi) is 3.77. The Hall–Kier alpha value is -1.57. The summed E-state index contributed by atoms with van der Waals surface area (Å²) in [4.78, 5) is 4.64. The quantitative estimate of drug-likeness (QED) is 0.750. The molecule has 1 nitrogen and oxygen atoms in total. The number of hydrogen-bond donors (Lipinski definition) is 0. The molecule has 0 aliphatic carbocycles. The van der Waals surface area contributed by atoms with Gasteiger partial charge in [-0.1, -0.05) is 58.9 Å². The van der Waals surface area contributed by atoms with Gasteiger partial charge in [-0.15, -0.1) is 0 Å². The molecule has 1 aromatic heterocycles. The molecule has 1 heterocycles. The smallest absolute Gasteiger partial charge is 0.114 e. The summed E-state index contributed by atoms with van der Waals surface area (Å²) in [5.41, 5.74) is 5.02. The Balaban J connectivity index is 2.38. The highest BCUT2D eigenvalue weighted by Crippen LogP contribution is 2.27. The zero-order valence-corrected chi connectivity index (χ0v) is 13.5. The third-order valence-corrected chi connectivity index (χ3v) is 3.65. The molecule has 0 atom stereocenters. The molecule has 0 fully saturated rings. The van der Waals surface area contributed by atoms with E-state index in [-0.39, 0.29) is 10.7 Å². The number of nitrogens with zero attached hydrogens (tertiary/aromatic N) is 1. The van der Waals surface area contributed by atoms with E-state index in [9.17, 15) is 0 Å². The molecule has 2 heteroatoms. The molecular weight excluding hydrogens is 241 g/mol. The lowest BCUT2D eigenvalue weighted by Gasteiger charge is -2.20. The molecule has 0 amide bonds. The molecule has 104 valence electrons. The van der Waals surface area contributed by atoms with Crippen molar-refractivity contribution in [2.45, 2.75) is 45.3 Å². The van der Waals surface area contributed by atoms with Gasteiger partial charge in [0.1, 0.15) is 7.85 Å². The van der Waals surface area contributed by atoms with Gasteiger partial charge in [0, 0.05) is 11.8 Å². The van der Waals surface area contributed by atoms with E-state index in [1.165, 1.54) is 16.7 Å². The van der Waals surface area contributed by atoms with Crippen molar-refractivity contribution < 1.29 is 0 Å². The van der Waals surface area contributed by atoms with Gasteiger partial charge in [0.15, 0.2) is 0 Å². The minimum atomic E-state index is 0.152. The summed E-state index contributed by atoms with van der Waals surface area (Å²) in [6.45, 7) is 11.1. The molecule has 2 aromatic rings. The Morgan fingerprint density at radius 1 is 0.900 bits per heavy atom. The lowest BCUT2D eigenvalue weighted by molar-refractivity contribution is 0.590. The first kappa shape index (κ1) is 14.8. The topological polar surface area (TPSA) is 12.9 Å². The second kappa shape index (κ2) is 5.08. The van der Waals surface area contributed by atoms with Gasteiger partial charge in [0.25, 0.3) is 0 Å². The summed E-state index contributed by atoms with van der Waals surface area (Å²) < 4.78 is 0. The molecule has 20 heavy (non-hydrogen) atoms. The highest BCUT2D eigenvalue weighted by Gasteiger charge is 2.16. The standard InChI is InChI=1S/C18H24BN/c1-17(2,3)14-8-6-7-13(11-14)16-10-9-15(12-20-16)18(4,5)19/h6-12H,19H2,1-5H3. The molecular formula is C18H24BN. The lowest BCUT2D eigenvalue weighted by Crippen LogP contribution is -2.16. The van der Waals surface area contributed by atoms with Gasteiger partial charge in [0.2, 0.25) is 0 Å². The monoisotopic (exact) mass is 265 g/mol. The van der Waals surface area contributed by atoms with E-state index in [0.29, 0.717) is 0 Å². The molecule has 2 rings (SSSR count). The van der Waals surface area contributed by atoms with Crippen LogP contribution >= 0.6 is 0 Å². The summed E-state index contributed by atoms with van der Waals surface area (Å²) in [5, 5.41) is 0.152. The van der Waals surface area contributed by atoms with Crippen LogP contribution in [0.3, 0.4) is 0 Å². The van der Waals surface area contributed by atoms with Crippen LogP contribution in [0.2, 0.25) is 0 Å². The molecule has 1 aromatic carbocycles. The van der Waals surface area contributed by atoms with Gasteiger partial charge in [-0.3, -0.25) is 4.98 Å². The van der Waals surface area contributed by atoms with Crippen molar-refractivity contribution in [3.05, 3.63) is 53.7 Å². The first-order valence-electron chi connectivity index (χ1n) is 7.25. The average molecular weight is 265 g/mol. The predicted octanol–water partition coefficient (Wildman–Crippen LogP) is 3.91. The van der Waals surface area contributed by atoms with Gasteiger partial charge in [-0.2, -0.15) is 0 Å². The molecule has 0 saturated carbocycles. The van der Waals surface area contributed by atoms with Crippen molar-refractivity contribution in [2.75, 3.05) is 0 Å². The Bertz CT molecular complexity index is 586.